The maximum Gasteiger partial charge on any atom is 0.435 e. The zero-order valence-electron chi connectivity index (χ0n) is 8.87. The van der Waals surface area contributed by atoms with Gasteiger partial charge in [0.05, 0.1) is 0 Å². The molecule has 0 unspecified atom stereocenters. The van der Waals surface area contributed by atoms with Crippen LogP contribution < -0.4 is 0 Å². The number of thiol groups is 1. The Morgan fingerprint density at radius 3 is 2.44 bits per heavy atom. The van der Waals surface area contributed by atoms with E-state index >= 15 is 0 Å². The molecular formula is C10H15F3N2S. The van der Waals surface area contributed by atoms with E-state index in [0.29, 0.717) is 6.54 Å². The van der Waals surface area contributed by atoms with Crippen molar-refractivity contribution in [2.24, 2.45) is 0 Å². The molecule has 0 atom stereocenters. The molecule has 0 amide bonds. The van der Waals surface area contributed by atoms with Crippen molar-refractivity contribution >= 4 is 12.6 Å². The van der Waals surface area contributed by atoms with Gasteiger partial charge in [0.15, 0.2) is 5.69 Å². The highest BCUT2D eigenvalue weighted by Gasteiger charge is 2.33. The van der Waals surface area contributed by atoms with Gasteiger partial charge in [0.2, 0.25) is 0 Å². The number of nitrogens with zero attached hydrogens (tertiary/aromatic N) is 2. The maximum atomic E-state index is 12.2. The predicted molar refractivity (Wildman–Crippen MR) is 59.6 cm³/mol. The summed E-state index contributed by atoms with van der Waals surface area (Å²) < 4.78 is 38.0. The van der Waals surface area contributed by atoms with Crippen LogP contribution in [0.5, 0.6) is 0 Å². The molecular weight excluding hydrogens is 237 g/mol. The predicted octanol–water partition coefficient (Wildman–Crippen LogP) is 3.39. The van der Waals surface area contributed by atoms with E-state index in [0.717, 1.165) is 37.5 Å². The molecule has 0 fully saturated rings. The Labute approximate surface area is 98.2 Å². The van der Waals surface area contributed by atoms with Crippen LogP contribution in [0, 0.1) is 0 Å². The van der Waals surface area contributed by atoms with Gasteiger partial charge in [-0.2, -0.15) is 30.9 Å². The molecule has 6 heteroatoms. The number of unbranched alkanes of at least 4 members (excludes halogenated alkanes) is 3. The van der Waals surface area contributed by atoms with Gasteiger partial charge < -0.3 is 0 Å². The Morgan fingerprint density at radius 2 is 1.88 bits per heavy atom. The van der Waals surface area contributed by atoms with E-state index in [9.17, 15) is 13.2 Å². The largest absolute Gasteiger partial charge is 0.435 e. The van der Waals surface area contributed by atoms with Crippen molar-refractivity contribution in [1.82, 2.24) is 9.78 Å². The van der Waals surface area contributed by atoms with Gasteiger partial charge in [-0.1, -0.05) is 12.8 Å². The summed E-state index contributed by atoms with van der Waals surface area (Å²) in [4.78, 5) is 0. The van der Waals surface area contributed by atoms with Crippen molar-refractivity contribution in [1.29, 1.82) is 0 Å². The second-order valence-electron chi connectivity index (χ2n) is 3.60. The van der Waals surface area contributed by atoms with Crippen molar-refractivity contribution < 1.29 is 13.2 Å². The second-order valence-corrected chi connectivity index (χ2v) is 4.05. The van der Waals surface area contributed by atoms with E-state index in [-0.39, 0.29) is 0 Å². The lowest BCUT2D eigenvalue weighted by Crippen LogP contribution is -2.08. The standard InChI is InChI=1S/C10H15F3N2S/c11-10(12,13)9-5-7-15(14-9)6-3-1-2-4-8-16/h5,7,16H,1-4,6,8H2. The van der Waals surface area contributed by atoms with E-state index in [1.54, 1.807) is 0 Å². The summed E-state index contributed by atoms with van der Waals surface area (Å²) in [5.74, 6) is 0.861. The van der Waals surface area contributed by atoms with Gasteiger partial charge in [-0.05, 0) is 24.7 Å². The molecule has 0 saturated carbocycles. The second kappa shape index (κ2) is 6.18. The molecule has 1 rings (SSSR count). The topological polar surface area (TPSA) is 17.8 Å². The third-order valence-electron chi connectivity index (χ3n) is 2.23. The Hall–Kier alpha value is -0.650. The minimum absolute atomic E-state index is 0.544. The molecule has 0 aliphatic rings. The minimum Gasteiger partial charge on any atom is -0.272 e. The summed E-state index contributed by atoms with van der Waals surface area (Å²) in [6, 6.07) is 1.01. The van der Waals surface area contributed by atoms with Crippen LogP contribution in [0.3, 0.4) is 0 Å². The summed E-state index contributed by atoms with van der Waals surface area (Å²) in [5, 5.41) is 3.48. The Balaban J connectivity index is 2.30. The molecule has 16 heavy (non-hydrogen) atoms. The summed E-state index contributed by atoms with van der Waals surface area (Å²) in [7, 11) is 0. The van der Waals surface area contributed by atoms with Gasteiger partial charge in [-0.15, -0.1) is 0 Å². The van der Waals surface area contributed by atoms with Crippen LogP contribution in [0.4, 0.5) is 13.2 Å². The fraction of sp³-hybridized carbons (Fsp3) is 0.700. The zero-order valence-corrected chi connectivity index (χ0v) is 9.77. The molecule has 92 valence electrons. The molecule has 2 nitrogen and oxygen atoms in total. The van der Waals surface area contributed by atoms with Crippen molar-refractivity contribution in [3.8, 4) is 0 Å². The van der Waals surface area contributed by atoms with Crippen LogP contribution in [-0.2, 0) is 12.7 Å². The lowest BCUT2D eigenvalue weighted by molar-refractivity contribution is -0.141. The molecule has 1 aromatic heterocycles. The molecule has 0 spiro atoms. The number of halogens is 3. The minimum atomic E-state index is -4.34. The highest BCUT2D eigenvalue weighted by atomic mass is 32.1. The van der Waals surface area contributed by atoms with Crippen LogP contribution in [0.2, 0.25) is 0 Å². The lowest BCUT2D eigenvalue weighted by Gasteiger charge is -2.02. The van der Waals surface area contributed by atoms with Crippen molar-refractivity contribution in [2.45, 2.75) is 38.4 Å². The number of aryl methyl sites for hydroxylation is 1. The zero-order chi connectivity index (χ0) is 12.0. The third-order valence-corrected chi connectivity index (χ3v) is 2.54. The van der Waals surface area contributed by atoms with Gasteiger partial charge in [0.25, 0.3) is 0 Å². The molecule has 0 aromatic carbocycles. The Bertz CT molecular complexity index is 309. The normalized spacial score (nSPS) is 12.0. The monoisotopic (exact) mass is 252 g/mol. The smallest absolute Gasteiger partial charge is 0.272 e. The third kappa shape index (κ3) is 4.47. The van der Waals surface area contributed by atoms with Gasteiger partial charge in [-0.25, -0.2) is 0 Å². The Kier molecular flexibility index (Phi) is 5.18. The average molecular weight is 252 g/mol. The van der Waals surface area contributed by atoms with Crippen LogP contribution in [0.1, 0.15) is 31.4 Å². The molecule has 0 radical (unpaired) electrons. The van der Waals surface area contributed by atoms with Crippen LogP contribution in [0.25, 0.3) is 0 Å². The molecule has 0 saturated heterocycles. The lowest BCUT2D eigenvalue weighted by atomic mass is 10.2. The van der Waals surface area contributed by atoms with Crippen LogP contribution in [-0.4, -0.2) is 15.5 Å². The van der Waals surface area contributed by atoms with Gasteiger partial charge in [0, 0.05) is 12.7 Å². The average Bonchev–Trinajstić information content (AvgIpc) is 2.65. The first-order valence-electron chi connectivity index (χ1n) is 5.25. The molecule has 0 bridgehead atoms. The maximum absolute atomic E-state index is 12.2. The van der Waals surface area contributed by atoms with Crippen molar-refractivity contribution in [3.05, 3.63) is 18.0 Å². The van der Waals surface area contributed by atoms with Crippen molar-refractivity contribution in [3.63, 3.8) is 0 Å². The SMILES string of the molecule is FC(F)(F)c1ccn(CCCCCCS)n1. The van der Waals surface area contributed by atoms with E-state index < -0.39 is 11.9 Å². The first kappa shape index (κ1) is 13.4. The summed E-state index contributed by atoms with van der Waals surface area (Å²) in [6.07, 6.45) is 1.01. The molecule has 0 aliphatic heterocycles. The van der Waals surface area contributed by atoms with Crippen LogP contribution >= 0.6 is 12.6 Å². The number of aromatic nitrogens is 2. The number of hydrogen-bond acceptors (Lipinski definition) is 2. The van der Waals surface area contributed by atoms with E-state index in [1.807, 2.05) is 0 Å². The van der Waals surface area contributed by atoms with Gasteiger partial charge >= 0.3 is 6.18 Å². The highest BCUT2D eigenvalue weighted by molar-refractivity contribution is 7.80. The van der Waals surface area contributed by atoms with Gasteiger partial charge in [0.1, 0.15) is 0 Å². The molecule has 0 aliphatic carbocycles. The first-order chi connectivity index (χ1) is 7.54. The highest BCUT2D eigenvalue weighted by Crippen LogP contribution is 2.27. The first-order valence-corrected chi connectivity index (χ1v) is 5.89. The molecule has 0 N–H and O–H groups in total. The summed E-state index contributed by atoms with van der Waals surface area (Å²) in [6.45, 7) is 0.544. The van der Waals surface area contributed by atoms with Crippen LogP contribution in [0.15, 0.2) is 12.3 Å². The summed E-state index contributed by atoms with van der Waals surface area (Å²) in [5.41, 5.74) is -0.817. The molecule has 1 heterocycles. The van der Waals surface area contributed by atoms with E-state index in [4.69, 9.17) is 0 Å². The van der Waals surface area contributed by atoms with E-state index in [1.165, 1.54) is 10.9 Å². The van der Waals surface area contributed by atoms with Gasteiger partial charge in [-0.3, -0.25) is 4.68 Å². The summed E-state index contributed by atoms with van der Waals surface area (Å²) >= 11 is 4.09. The number of hydrogen-bond donors (Lipinski definition) is 1. The number of alkyl halides is 3. The fourth-order valence-electron chi connectivity index (χ4n) is 1.38. The van der Waals surface area contributed by atoms with E-state index in [2.05, 4.69) is 17.7 Å². The van der Waals surface area contributed by atoms with Crippen molar-refractivity contribution in [2.75, 3.05) is 5.75 Å². The molecule has 1 aromatic rings. The Morgan fingerprint density at radius 1 is 1.19 bits per heavy atom. The number of rotatable bonds is 6. The quantitative estimate of drug-likeness (QED) is 0.607. The fourth-order valence-corrected chi connectivity index (χ4v) is 1.60.